The van der Waals surface area contributed by atoms with Crippen LogP contribution in [0.4, 0.5) is 10.5 Å². The van der Waals surface area contributed by atoms with Gasteiger partial charge < -0.3 is 14.0 Å². The molecule has 33 heavy (non-hydrogen) atoms. The van der Waals surface area contributed by atoms with Gasteiger partial charge in [-0.2, -0.15) is 5.26 Å². The number of nitrogens with one attached hydrogen (secondary N) is 1. The average molecular weight is 440 g/mol. The number of aryl methyl sites for hydroxylation is 1. The first-order valence-electron chi connectivity index (χ1n) is 10.9. The monoisotopic (exact) mass is 439 g/mol. The molecule has 0 radical (unpaired) electrons. The molecule has 0 bridgehead atoms. The van der Waals surface area contributed by atoms with Crippen molar-refractivity contribution in [2.75, 3.05) is 11.9 Å². The van der Waals surface area contributed by atoms with E-state index >= 15 is 0 Å². The lowest BCUT2D eigenvalue weighted by atomic mass is 10.1. The first-order valence-corrected chi connectivity index (χ1v) is 10.9. The van der Waals surface area contributed by atoms with Gasteiger partial charge >= 0.3 is 6.09 Å². The Labute approximate surface area is 193 Å². The van der Waals surface area contributed by atoms with E-state index in [4.69, 9.17) is 9.47 Å². The minimum atomic E-state index is -0.492. The first-order chi connectivity index (χ1) is 16.1. The fourth-order valence-corrected chi connectivity index (χ4v) is 3.90. The summed E-state index contributed by atoms with van der Waals surface area (Å²) in [4.78, 5) is 11.7. The Hall–Kier alpha value is -4.24. The van der Waals surface area contributed by atoms with Crippen LogP contribution in [0.5, 0.6) is 5.75 Å². The van der Waals surface area contributed by atoms with Gasteiger partial charge in [-0.05, 0) is 55.3 Å². The van der Waals surface area contributed by atoms with E-state index in [1.54, 1.807) is 19.1 Å². The Balaban J connectivity index is 1.68. The van der Waals surface area contributed by atoms with Gasteiger partial charge in [0, 0.05) is 17.6 Å². The molecule has 0 aliphatic heterocycles. The predicted molar refractivity (Wildman–Crippen MR) is 129 cm³/mol. The second-order valence-corrected chi connectivity index (χ2v) is 7.46. The zero-order valence-electron chi connectivity index (χ0n) is 18.7. The third-order valence-electron chi connectivity index (χ3n) is 5.39. The minimum Gasteiger partial charge on any atom is -0.489 e. The van der Waals surface area contributed by atoms with E-state index < -0.39 is 6.09 Å². The Morgan fingerprint density at radius 3 is 2.45 bits per heavy atom. The number of benzene rings is 3. The number of fused-ring (bicyclic) bond motifs is 1. The normalized spacial score (nSPS) is 10.6. The zero-order chi connectivity index (χ0) is 23.2. The van der Waals surface area contributed by atoms with Gasteiger partial charge in [0.1, 0.15) is 18.4 Å². The van der Waals surface area contributed by atoms with Gasteiger partial charge in [0.25, 0.3) is 0 Å². The molecule has 0 spiro atoms. The highest BCUT2D eigenvalue weighted by molar-refractivity contribution is 5.95. The molecule has 3 aromatic carbocycles. The summed E-state index contributed by atoms with van der Waals surface area (Å²) in [5, 5.41) is 13.6. The van der Waals surface area contributed by atoms with Gasteiger partial charge in [-0.1, -0.05) is 42.5 Å². The van der Waals surface area contributed by atoms with Crippen LogP contribution in [0.1, 0.15) is 25.0 Å². The van der Waals surface area contributed by atoms with Crippen molar-refractivity contribution in [2.45, 2.75) is 27.0 Å². The van der Waals surface area contributed by atoms with Crippen molar-refractivity contribution in [2.24, 2.45) is 0 Å². The van der Waals surface area contributed by atoms with Crippen LogP contribution in [0, 0.1) is 11.3 Å². The van der Waals surface area contributed by atoms with E-state index in [2.05, 4.69) is 22.9 Å². The molecule has 1 aromatic heterocycles. The summed E-state index contributed by atoms with van der Waals surface area (Å²) in [5.74, 6) is 0.719. The number of nitrogens with zero attached hydrogens (tertiary/aromatic N) is 2. The summed E-state index contributed by atoms with van der Waals surface area (Å²) in [6.45, 7) is 5.29. The SMILES string of the molecule is CCOC(=O)Nc1ccc(-c2c(C#N)c3cc(OCc4ccccc4)ccc3n2CC)cc1. The number of carbonyl (C=O) groups is 1. The van der Waals surface area contributed by atoms with Crippen LogP contribution in [0.2, 0.25) is 0 Å². The number of amides is 1. The van der Waals surface area contributed by atoms with Crippen LogP contribution in [-0.4, -0.2) is 17.3 Å². The summed E-state index contributed by atoms with van der Waals surface area (Å²) in [6, 6.07) is 25.6. The Morgan fingerprint density at radius 1 is 1.03 bits per heavy atom. The smallest absolute Gasteiger partial charge is 0.411 e. The molecule has 0 saturated heterocycles. The number of carbonyl (C=O) groups excluding carboxylic acids is 1. The lowest BCUT2D eigenvalue weighted by Crippen LogP contribution is -2.13. The minimum absolute atomic E-state index is 0.309. The molecule has 0 saturated carbocycles. The Bertz CT molecular complexity index is 1300. The molecule has 4 rings (SSSR count). The lowest BCUT2D eigenvalue weighted by molar-refractivity contribution is 0.168. The highest BCUT2D eigenvalue weighted by atomic mass is 16.5. The van der Waals surface area contributed by atoms with Crippen LogP contribution in [0.25, 0.3) is 22.2 Å². The first kappa shape index (κ1) is 22.0. The summed E-state index contributed by atoms with van der Waals surface area (Å²) in [7, 11) is 0. The molecule has 0 atom stereocenters. The molecule has 0 fully saturated rings. The average Bonchev–Trinajstić information content (AvgIpc) is 3.16. The Kier molecular flexibility index (Phi) is 6.61. The van der Waals surface area contributed by atoms with E-state index in [0.29, 0.717) is 31.0 Å². The van der Waals surface area contributed by atoms with Crippen molar-refractivity contribution in [3.8, 4) is 23.1 Å². The number of nitriles is 1. The maximum atomic E-state index is 11.7. The largest absolute Gasteiger partial charge is 0.489 e. The summed E-state index contributed by atoms with van der Waals surface area (Å²) in [5.41, 5.74) is 5.03. The predicted octanol–water partition coefficient (Wildman–Crippen LogP) is 6.35. The van der Waals surface area contributed by atoms with Gasteiger partial charge in [0.2, 0.25) is 0 Å². The van der Waals surface area contributed by atoms with Crippen LogP contribution in [0.3, 0.4) is 0 Å². The van der Waals surface area contributed by atoms with E-state index in [1.165, 1.54) is 0 Å². The van der Waals surface area contributed by atoms with Gasteiger partial charge in [-0.25, -0.2) is 4.79 Å². The highest BCUT2D eigenvalue weighted by Crippen LogP contribution is 2.36. The zero-order valence-corrected chi connectivity index (χ0v) is 18.7. The number of rotatable bonds is 7. The number of anilines is 1. The van der Waals surface area contributed by atoms with E-state index in [0.717, 1.165) is 33.5 Å². The van der Waals surface area contributed by atoms with E-state index in [1.807, 2.05) is 60.7 Å². The fraction of sp³-hybridized carbons (Fsp3) is 0.185. The molecule has 1 amide bonds. The molecule has 166 valence electrons. The molecule has 0 aliphatic carbocycles. The molecule has 4 aromatic rings. The summed E-state index contributed by atoms with van der Waals surface area (Å²) < 4.78 is 13.0. The van der Waals surface area contributed by atoms with Crippen molar-refractivity contribution in [1.82, 2.24) is 4.57 Å². The molecule has 1 N–H and O–H groups in total. The van der Waals surface area contributed by atoms with Gasteiger partial charge in [-0.15, -0.1) is 0 Å². The number of hydrogen-bond acceptors (Lipinski definition) is 4. The molecule has 6 nitrogen and oxygen atoms in total. The number of ether oxygens (including phenoxy) is 2. The molecule has 1 heterocycles. The van der Waals surface area contributed by atoms with Gasteiger partial charge in [-0.3, -0.25) is 5.32 Å². The second kappa shape index (κ2) is 9.92. The van der Waals surface area contributed by atoms with Crippen LogP contribution < -0.4 is 10.1 Å². The topological polar surface area (TPSA) is 76.3 Å². The van der Waals surface area contributed by atoms with Crippen molar-refractivity contribution in [3.05, 3.63) is 83.9 Å². The maximum absolute atomic E-state index is 11.7. The van der Waals surface area contributed by atoms with E-state index in [9.17, 15) is 10.1 Å². The standard InChI is InChI=1S/C27H25N3O3/c1-3-30-25-15-14-22(33-18-19-8-6-5-7-9-19)16-23(25)24(17-28)26(30)20-10-12-21(13-11-20)29-27(31)32-4-2/h5-16H,3-4,18H2,1-2H3,(H,29,31). The van der Waals surface area contributed by atoms with Gasteiger partial charge in [0.15, 0.2) is 0 Å². The van der Waals surface area contributed by atoms with Crippen molar-refractivity contribution >= 4 is 22.7 Å². The lowest BCUT2D eigenvalue weighted by Gasteiger charge is -2.10. The van der Waals surface area contributed by atoms with Gasteiger partial charge in [0.05, 0.1) is 23.4 Å². The fourth-order valence-electron chi connectivity index (χ4n) is 3.90. The van der Waals surface area contributed by atoms with Crippen LogP contribution in [0.15, 0.2) is 72.8 Å². The van der Waals surface area contributed by atoms with Crippen LogP contribution >= 0.6 is 0 Å². The molecular formula is C27H25N3O3. The molecule has 0 aliphatic rings. The second-order valence-electron chi connectivity index (χ2n) is 7.46. The third kappa shape index (κ3) is 4.68. The van der Waals surface area contributed by atoms with E-state index in [-0.39, 0.29) is 0 Å². The Morgan fingerprint density at radius 2 is 1.79 bits per heavy atom. The summed E-state index contributed by atoms with van der Waals surface area (Å²) in [6.07, 6.45) is -0.492. The summed E-state index contributed by atoms with van der Waals surface area (Å²) >= 11 is 0. The number of hydrogen-bond donors (Lipinski definition) is 1. The quantitative estimate of drug-likeness (QED) is 0.364. The molecule has 6 heteroatoms. The maximum Gasteiger partial charge on any atom is 0.411 e. The van der Waals surface area contributed by atoms with Crippen LogP contribution in [-0.2, 0) is 17.9 Å². The van der Waals surface area contributed by atoms with Crippen molar-refractivity contribution in [3.63, 3.8) is 0 Å². The molecular weight excluding hydrogens is 414 g/mol. The number of aromatic nitrogens is 1. The van der Waals surface area contributed by atoms with Crippen molar-refractivity contribution < 1.29 is 14.3 Å². The molecule has 0 unspecified atom stereocenters. The highest BCUT2D eigenvalue weighted by Gasteiger charge is 2.19. The van der Waals surface area contributed by atoms with Crippen molar-refractivity contribution in [1.29, 1.82) is 5.26 Å². The third-order valence-corrected chi connectivity index (χ3v) is 5.39.